The van der Waals surface area contributed by atoms with Crippen LogP contribution < -0.4 is 10.5 Å². The fourth-order valence-corrected chi connectivity index (χ4v) is 1.69. The van der Waals surface area contributed by atoms with Crippen molar-refractivity contribution in [3.8, 4) is 17.9 Å². The molecule has 4 nitrogen and oxygen atoms in total. The fraction of sp³-hybridized carbons (Fsp3) is 0.0667. The van der Waals surface area contributed by atoms with Crippen molar-refractivity contribution in [1.82, 2.24) is 0 Å². The van der Waals surface area contributed by atoms with Crippen molar-refractivity contribution in [3.05, 3.63) is 58.9 Å². The van der Waals surface area contributed by atoms with E-state index >= 15 is 0 Å². The van der Waals surface area contributed by atoms with Gasteiger partial charge in [-0.25, -0.2) is 4.39 Å². The standard InChI is InChI=1S/C15H10FN3O/c16-15-10(7-17)2-1-3-11(15)9-20-14-5-4-13(19)6-12(14)8-18/h1-6H,9,19H2. The number of rotatable bonds is 3. The second-order valence-corrected chi connectivity index (χ2v) is 4.05. The molecule has 0 aliphatic carbocycles. The monoisotopic (exact) mass is 267 g/mol. The van der Waals surface area contributed by atoms with Gasteiger partial charge in [0.15, 0.2) is 0 Å². The lowest BCUT2D eigenvalue weighted by Crippen LogP contribution is -2.01. The molecule has 2 aromatic carbocycles. The fourth-order valence-electron chi connectivity index (χ4n) is 1.69. The predicted octanol–water partition coefficient (Wildman–Crippen LogP) is 2.73. The van der Waals surface area contributed by atoms with Gasteiger partial charge in [-0.15, -0.1) is 0 Å². The third-order valence-electron chi connectivity index (χ3n) is 2.71. The van der Waals surface area contributed by atoms with Gasteiger partial charge in [-0.3, -0.25) is 0 Å². The lowest BCUT2D eigenvalue weighted by Gasteiger charge is -2.09. The van der Waals surface area contributed by atoms with E-state index in [1.807, 2.05) is 6.07 Å². The topological polar surface area (TPSA) is 82.8 Å². The average molecular weight is 267 g/mol. The van der Waals surface area contributed by atoms with E-state index in [-0.39, 0.29) is 23.3 Å². The van der Waals surface area contributed by atoms with Crippen LogP contribution in [-0.4, -0.2) is 0 Å². The Morgan fingerprint density at radius 2 is 1.85 bits per heavy atom. The highest BCUT2D eigenvalue weighted by Crippen LogP contribution is 2.22. The van der Waals surface area contributed by atoms with Gasteiger partial charge in [0.1, 0.15) is 30.3 Å². The molecule has 0 atom stereocenters. The van der Waals surface area contributed by atoms with E-state index in [4.69, 9.17) is 21.0 Å². The Bertz CT molecular complexity index is 729. The number of nitrogens with zero attached hydrogens (tertiary/aromatic N) is 2. The minimum atomic E-state index is -0.607. The molecule has 0 aliphatic heterocycles. The number of ether oxygens (including phenoxy) is 1. The summed E-state index contributed by atoms with van der Waals surface area (Å²) in [5.74, 6) is -0.285. The van der Waals surface area contributed by atoms with E-state index in [0.717, 1.165) is 0 Å². The molecule has 0 aromatic heterocycles. The quantitative estimate of drug-likeness (QED) is 0.867. The van der Waals surface area contributed by atoms with Crippen LogP contribution in [0.4, 0.5) is 10.1 Å². The Morgan fingerprint density at radius 1 is 1.10 bits per heavy atom. The van der Waals surface area contributed by atoms with E-state index < -0.39 is 5.82 Å². The zero-order chi connectivity index (χ0) is 14.5. The zero-order valence-electron chi connectivity index (χ0n) is 10.4. The summed E-state index contributed by atoms with van der Waals surface area (Å²) >= 11 is 0. The van der Waals surface area contributed by atoms with Gasteiger partial charge in [-0.1, -0.05) is 12.1 Å². The first kappa shape index (κ1) is 13.4. The van der Waals surface area contributed by atoms with Gasteiger partial charge >= 0.3 is 0 Å². The van der Waals surface area contributed by atoms with Gasteiger partial charge < -0.3 is 10.5 Å². The molecule has 0 amide bonds. The highest BCUT2D eigenvalue weighted by Gasteiger charge is 2.09. The summed E-state index contributed by atoms with van der Waals surface area (Å²) in [6.45, 7) is -0.0695. The van der Waals surface area contributed by atoms with Crippen molar-refractivity contribution in [2.75, 3.05) is 5.73 Å². The number of benzene rings is 2. The van der Waals surface area contributed by atoms with Crippen LogP contribution in [0.3, 0.4) is 0 Å². The molecule has 2 N–H and O–H groups in total. The van der Waals surface area contributed by atoms with Crippen LogP contribution in [0, 0.1) is 28.5 Å². The van der Waals surface area contributed by atoms with Crippen LogP contribution in [0.5, 0.6) is 5.75 Å². The number of halogens is 1. The maximum Gasteiger partial charge on any atom is 0.147 e. The van der Waals surface area contributed by atoms with Gasteiger partial charge in [0.05, 0.1) is 11.1 Å². The molecule has 0 fully saturated rings. The largest absolute Gasteiger partial charge is 0.487 e. The normalized spacial score (nSPS) is 9.55. The number of nitrogens with two attached hydrogens (primary N) is 1. The van der Waals surface area contributed by atoms with Crippen LogP contribution in [0.15, 0.2) is 36.4 Å². The Kier molecular flexibility index (Phi) is 3.83. The molecule has 0 saturated heterocycles. The molecular weight excluding hydrogens is 257 g/mol. The third kappa shape index (κ3) is 2.68. The van der Waals surface area contributed by atoms with Crippen molar-refractivity contribution in [1.29, 1.82) is 10.5 Å². The van der Waals surface area contributed by atoms with Crippen LogP contribution in [0.2, 0.25) is 0 Å². The second-order valence-electron chi connectivity index (χ2n) is 4.05. The number of nitriles is 2. The molecule has 0 spiro atoms. The molecule has 0 heterocycles. The van der Waals surface area contributed by atoms with Crippen LogP contribution in [0.25, 0.3) is 0 Å². The summed E-state index contributed by atoms with van der Waals surface area (Å²) in [7, 11) is 0. The summed E-state index contributed by atoms with van der Waals surface area (Å²) in [5.41, 5.74) is 6.52. The maximum atomic E-state index is 13.8. The van der Waals surface area contributed by atoms with E-state index in [9.17, 15) is 4.39 Å². The van der Waals surface area contributed by atoms with Crippen LogP contribution in [-0.2, 0) is 6.61 Å². The Morgan fingerprint density at radius 3 is 2.55 bits per heavy atom. The third-order valence-corrected chi connectivity index (χ3v) is 2.71. The molecule has 2 rings (SSSR count). The van der Waals surface area contributed by atoms with E-state index in [0.29, 0.717) is 11.4 Å². The summed E-state index contributed by atoms with van der Waals surface area (Å²) < 4.78 is 19.3. The highest BCUT2D eigenvalue weighted by molar-refractivity contribution is 5.53. The smallest absolute Gasteiger partial charge is 0.147 e. The van der Waals surface area contributed by atoms with Crippen molar-refractivity contribution in [3.63, 3.8) is 0 Å². The van der Waals surface area contributed by atoms with Gasteiger partial charge in [-0.2, -0.15) is 10.5 Å². The number of anilines is 1. The summed E-state index contributed by atoms with van der Waals surface area (Å²) in [6.07, 6.45) is 0. The van der Waals surface area contributed by atoms with Crippen molar-refractivity contribution < 1.29 is 9.13 Å². The number of nitrogen functional groups attached to an aromatic ring is 1. The Labute approximate surface area is 115 Å². The first-order valence-corrected chi connectivity index (χ1v) is 5.75. The molecule has 98 valence electrons. The summed E-state index contributed by atoms with van der Waals surface area (Å²) in [4.78, 5) is 0. The van der Waals surface area contributed by atoms with Crippen molar-refractivity contribution in [2.45, 2.75) is 6.61 Å². The van der Waals surface area contributed by atoms with Gasteiger partial charge in [0.25, 0.3) is 0 Å². The summed E-state index contributed by atoms with van der Waals surface area (Å²) in [6, 6.07) is 12.9. The lowest BCUT2D eigenvalue weighted by molar-refractivity contribution is 0.299. The number of hydrogen-bond donors (Lipinski definition) is 1. The Hall–Kier alpha value is -3.05. The zero-order valence-corrected chi connectivity index (χ0v) is 10.4. The average Bonchev–Trinajstić information content (AvgIpc) is 2.47. The molecule has 5 heteroatoms. The SMILES string of the molecule is N#Cc1cc(N)ccc1OCc1cccc(C#N)c1F. The van der Waals surface area contributed by atoms with Gasteiger partial charge in [0, 0.05) is 11.3 Å². The minimum absolute atomic E-state index is 0.0380. The molecule has 2 aromatic rings. The van der Waals surface area contributed by atoms with Gasteiger partial charge in [-0.05, 0) is 24.3 Å². The predicted molar refractivity (Wildman–Crippen MR) is 71.0 cm³/mol. The minimum Gasteiger partial charge on any atom is -0.487 e. The summed E-state index contributed by atoms with van der Waals surface area (Å²) in [5, 5.41) is 17.7. The van der Waals surface area contributed by atoms with Gasteiger partial charge in [0.2, 0.25) is 0 Å². The van der Waals surface area contributed by atoms with E-state index in [1.54, 1.807) is 24.3 Å². The molecule has 0 radical (unpaired) electrons. The molecule has 20 heavy (non-hydrogen) atoms. The maximum absolute atomic E-state index is 13.8. The number of hydrogen-bond acceptors (Lipinski definition) is 4. The van der Waals surface area contributed by atoms with Crippen LogP contribution in [0.1, 0.15) is 16.7 Å². The molecule has 0 bridgehead atoms. The molecule has 0 saturated carbocycles. The van der Waals surface area contributed by atoms with E-state index in [2.05, 4.69) is 0 Å². The van der Waals surface area contributed by atoms with E-state index in [1.165, 1.54) is 18.2 Å². The van der Waals surface area contributed by atoms with Crippen molar-refractivity contribution >= 4 is 5.69 Å². The highest BCUT2D eigenvalue weighted by atomic mass is 19.1. The van der Waals surface area contributed by atoms with Crippen LogP contribution >= 0.6 is 0 Å². The Balaban J connectivity index is 2.22. The van der Waals surface area contributed by atoms with Crippen molar-refractivity contribution in [2.24, 2.45) is 0 Å². The lowest BCUT2D eigenvalue weighted by atomic mass is 10.1. The first-order chi connectivity index (χ1) is 9.65. The molecule has 0 unspecified atom stereocenters. The second kappa shape index (κ2) is 5.73. The molecule has 0 aliphatic rings. The first-order valence-electron chi connectivity index (χ1n) is 5.75. The molecular formula is C15H10FN3O.